The number of aromatic nitrogens is 1. The zero-order chi connectivity index (χ0) is 31.5. The molecule has 0 amide bonds. The predicted molar refractivity (Wildman–Crippen MR) is 195 cm³/mol. The van der Waals surface area contributed by atoms with Gasteiger partial charge in [0.05, 0.1) is 11.1 Å². The maximum absolute atomic E-state index is 6.62. The summed E-state index contributed by atoms with van der Waals surface area (Å²) in [5.74, 6) is 0.623. The van der Waals surface area contributed by atoms with Crippen molar-refractivity contribution in [3.63, 3.8) is 0 Å². The lowest BCUT2D eigenvalue weighted by atomic mass is 9.82. The molecule has 7 aromatic carbocycles. The van der Waals surface area contributed by atoms with Crippen LogP contribution in [-0.4, -0.2) is 4.98 Å². The normalized spacial score (nSPS) is 13.1. The number of anilines is 3. The van der Waals surface area contributed by atoms with E-state index in [0.29, 0.717) is 5.89 Å². The highest BCUT2D eigenvalue weighted by molar-refractivity contribution is 6.12. The van der Waals surface area contributed by atoms with Crippen molar-refractivity contribution < 1.29 is 4.42 Å². The first-order valence-corrected chi connectivity index (χ1v) is 16.1. The van der Waals surface area contributed by atoms with Crippen LogP contribution in [0.3, 0.4) is 0 Å². The van der Waals surface area contributed by atoms with E-state index in [2.05, 4.69) is 146 Å². The summed E-state index contributed by atoms with van der Waals surface area (Å²) in [5.41, 5.74) is 13.4. The molecule has 1 aliphatic carbocycles. The fraction of sp³-hybridized carbons (Fsp3) is 0.0682. The molecule has 47 heavy (non-hydrogen) atoms. The lowest BCUT2D eigenvalue weighted by Crippen LogP contribution is -2.15. The Morgan fingerprint density at radius 3 is 1.98 bits per heavy atom. The van der Waals surface area contributed by atoms with Crippen LogP contribution in [0, 0.1) is 0 Å². The number of benzene rings is 7. The van der Waals surface area contributed by atoms with Gasteiger partial charge in [0.25, 0.3) is 0 Å². The van der Waals surface area contributed by atoms with Gasteiger partial charge in [0.1, 0.15) is 5.52 Å². The fourth-order valence-corrected chi connectivity index (χ4v) is 7.34. The second kappa shape index (κ2) is 10.6. The summed E-state index contributed by atoms with van der Waals surface area (Å²) >= 11 is 0. The standard InChI is InChI=1S/C44H32N2O/c1-44(2)37-18-10-9-17-35(37)36-28-34(25-26-38(36)44)46(33-23-20-30(21-24-33)29-12-5-3-6-13-29)40-19-11-16-31-22-27-39-42(41(31)40)47-43(45-39)32-14-7-4-8-15-32/h3-28H,1-2H3. The van der Waals surface area contributed by atoms with E-state index in [9.17, 15) is 0 Å². The molecule has 0 aliphatic heterocycles. The van der Waals surface area contributed by atoms with Crippen LogP contribution in [0.5, 0.6) is 0 Å². The Bertz CT molecular complexity index is 2420. The molecule has 0 bridgehead atoms. The van der Waals surface area contributed by atoms with E-state index in [1.54, 1.807) is 0 Å². The van der Waals surface area contributed by atoms with E-state index >= 15 is 0 Å². The van der Waals surface area contributed by atoms with Gasteiger partial charge in [-0.05, 0) is 87.3 Å². The lowest BCUT2D eigenvalue weighted by Gasteiger charge is -2.28. The maximum atomic E-state index is 6.62. The topological polar surface area (TPSA) is 29.3 Å². The van der Waals surface area contributed by atoms with Crippen LogP contribution in [-0.2, 0) is 5.41 Å². The van der Waals surface area contributed by atoms with Crippen LogP contribution in [0.1, 0.15) is 25.0 Å². The van der Waals surface area contributed by atoms with Crippen molar-refractivity contribution in [2.75, 3.05) is 4.90 Å². The SMILES string of the molecule is CC1(C)c2ccccc2-c2cc(N(c3ccc(-c4ccccc4)cc3)c3cccc4ccc5nc(-c6ccccc6)oc5c34)ccc21. The number of rotatable bonds is 5. The summed E-state index contributed by atoms with van der Waals surface area (Å²) in [7, 11) is 0. The smallest absolute Gasteiger partial charge is 0.227 e. The molecule has 0 atom stereocenters. The minimum atomic E-state index is -0.0636. The summed E-state index contributed by atoms with van der Waals surface area (Å²) in [5, 5.41) is 2.14. The van der Waals surface area contributed by atoms with Crippen LogP contribution < -0.4 is 4.90 Å². The Morgan fingerprint density at radius 1 is 0.532 bits per heavy atom. The summed E-state index contributed by atoms with van der Waals surface area (Å²) in [6, 6.07) is 56.0. The number of fused-ring (bicyclic) bond motifs is 6. The van der Waals surface area contributed by atoms with Gasteiger partial charge in [0.2, 0.25) is 5.89 Å². The largest absolute Gasteiger partial charge is 0.435 e. The molecule has 0 saturated carbocycles. The van der Waals surface area contributed by atoms with E-state index in [4.69, 9.17) is 9.40 Å². The summed E-state index contributed by atoms with van der Waals surface area (Å²) < 4.78 is 6.62. The van der Waals surface area contributed by atoms with Gasteiger partial charge < -0.3 is 9.32 Å². The average molecular weight is 605 g/mol. The quantitative estimate of drug-likeness (QED) is 0.196. The molecular weight excluding hydrogens is 572 g/mol. The first-order valence-electron chi connectivity index (χ1n) is 16.1. The molecule has 224 valence electrons. The van der Waals surface area contributed by atoms with Crippen LogP contribution in [0.15, 0.2) is 162 Å². The molecule has 1 aromatic heterocycles. The van der Waals surface area contributed by atoms with E-state index < -0.39 is 0 Å². The van der Waals surface area contributed by atoms with Gasteiger partial charge in [0, 0.05) is 22.4 Å². The number of hydrogen-bond acceptors (Lipinski definition) is 3. The van der Waals surface area contributed by atoms with Crippen molar-refractivity contribution >= 4 is 38.9 Å². The van der Waals surface area contributed by atoms with Gasteiger partial charge in [-0.15, -0.1) is 0 Å². The van der Waals surface area contributed by atoms with Crippen LogP contribution >= 0.6 is 0 Å². The van der Waals surface area contributed by atoms with Crippen LogP contribution in [0.2, 0.25) is 0 Å². The molecule has 0 spiro atoms. The third-order valence-corrected chi connectivity index (χ3v) is 9.70. The third-order valence-electron chi connectivity index (χ3n) is 9.70. The Labute approximate surface area is 274 Å². The Morgan fingerprint density at radius 2 is 1.19 bits per heavy atom. The predicted octanol–water partition coefficient (Wildman–Crippen LogP) is 12.1. The molecule has 0 radical (unpaired) electrons. The number of oxazole rings is 1. The van der Waals surface area contributed by atoms with Gasteiger partial charge in [-0.3, -0.25) is 0 Å². The Kier molecular flexibility index (Phi) is 6.16. The van der Waals surface area contributed by atoms with Crippen molar-refractivity contribution in [3.05, 3.63) is 169 Å². The molecule has 3 nitrogen and oxygen atoms in total. The lowest BCUT2D eigenvalue weighted by molar-refractivity contribution is 0.623. The van der Waals surface area contributed by atoms with Crippen molar-refractivity contribution in [3.8, 4) is 33.7 Å². The number of nitrogens with zero attached hydrogens (tertiary/aromatic N) is 2. The van der Waals surface area contributed by atoms with E-state index in [1.165, 1.54) is 33.4 Å². The number of hydrogen-bond donors (Lipinski definition) is 0. The average Bonchev–Trinajstić information content (AvgIpc) is 3.66. The van der Waals surface area contributed by atoms with Crippen molar-refractivity contribution in [1.82, 2.24) is 4.98 Å². The Hall–Kier alpha value is -5.93. The monoisotopic (exact) mass is 604 g/mol. The molecule has 8 aromatic rings. The molecule has 0 fully saturated rings. The highest BCUT2D eigenvalue weighted by Crippen LogP contribution is 2.51. The minimum Gasteiger partial charge on any atom is -0.435 e. The second-order valence-electron chi connectivity index (χ2n) is 12.8. The van der Waals surface area contributed by atoms with Crippen LogP contribution in [0.4, 0.5) is 17.1 Å². The van der Waals surface area contributed by atoms with Crippen molar-refractivity contribution in [2.24, 2.45) is 0 Å². The summed E-state index contributed by atoms with van der Waals surface area (Å²) in [4.78, 5) is 7.30. The highest BCUT2D eigenvalue weighted by Gasteiger charge is 2.35. The fourth-order valence-electron chi connectivity index (χ4n) is 7.34. The van der Waals surface area contributed by atoms with Crippen LogP contribution in [0.25, 0.3) is 55.6 Å². The molecular formula is C44H32N2O. The molecule has 9 rings (SSSR count). The van der Waals surface area contributed by atoms with Crippen molar-refractivity contribution in [1.29, 1.82) is 0 Å². The van der Waals surface area contributed by atoms with Gasteiger partial charge in [0.15, 0.2) is 5.58 Å². The molecule has 1 heterocycles. The van der Waals surface area contributed by atoms with Gasteiger partial charge in [-0.2, -0.15) is 0 Å². The van der Waals surface area contributed by atoms with Crippen molar-refractivity contribution in [2.45, 2.75) is 19.3 Å². The highest BCUT2D eigenvalue weighted by atomic mass is 16.3. The molecule has 0 unspecified atom stereocenters. The second-order valence-corrected chi connectivity index (χ2v) is 12.8. The van der Waals surface area contributed by atoms with E-state index in [-0.39, 0.29) is 5.41 Å². The Balaban J connectivity index is 1.28. The maximum Gasteiger partial charge on any atom is 0.227 e. The minimum absolute atomic E-state index is 0.0636. The zero-order valence-electron chi connectivity index (χ0n) is 26.3. The summed E-state index contributed by atoms with van der Waals surface area (Å²) in [6.45, 7) is 4.65. The van der Waals surface area contributed by atoms with Gasteiger partial charge >= 0.3 is 0 Å². The molecule has 0 saturated heterocycles. The first kappa shape index (κ1) is 27.4. The first-order chi connectivity index (χ1) is 23.1. The molecule has 0 N–H and O–H groups in total. The molecule has 3 heteroatoms. The van der Waals surface area contributed by atoms with Gasteiger partial charge in [-0.1, -0.05) is 123 Å². The molecule has 1 aliphatic rings. The van der Waals surface area contributed by atoms with E-state index in [0.717, 1.165) is 44.5 Å². The zero-order valence-corrected chi connectivity index (χ0v) is 26.3. The van der Waals surface area contributed by atoms with Gasteiger partial charge in [-0.25, -0.2) is 4.98 Å². The summed E-state index contributed by atoms with van der Waals surface area (Å²) in [6.07, 6.45) is 0. The third kappa shape index (κ3) is 4.39. The van der Waals surface area contributed by atoms with E-state index in [1.807, 2.05) is 30.3 Å².